The average Bonchev–Trinajstić information content (AvgIpc) is 3.10. The number of hydrogen-bond donors (Lipinski definition) is 1. The normalized spacial score (nSPS) is 10.8. The van der Waals surface area contributed by atoms with Crippen LogP contribution in [0.25, 0.3) is 22.2 Å². The molecule has 2 aromatic heterocycles. The second-order valence-electron chi connectivity index (χ2n) is 4.13. The Labute approximate surface area is 137 Å². The van der Waals surface area contributed by atoms with Gasteiger partial charge in [0, 0.05) is 15.9 Å². The molecule has 0 unspecified atom stereocenters. The van der Waals surface area contributed by atoms with Crippen LogP contribution < -0.4 is 10.5 Å². The molecule has 8 heteroatoms. The van der Waals surface area contributed by atoms with E-state index in [-0.39, 0.29) is 0 Å². The second-order valence-corrected chi connectivity index (χ2v) is 6.36. The van der Waals surface area contributed by atoms with Crippen molar-refractivity contribution in [3.05, 3.63) is 33.1 Å². The van der Waals surface area contributed by atoms with E-state index < -0.39 is 0 Å². The molecule has 0 radical (unpaired) electrons. The molecule has 0 spiro atoms. The molecule has 0 aliphatic heterocycles. The van der Waals surface area contributed by atoms with Crippen LogP contribution in [0.15, 0.2) is 32.6 Å². The van der Waals surface area contributed by atoms with E-state index in [4.69, 9.17) is 26.6 Å². The Kier molecular flexibility index (Phi) is 3.88. The summed E-state index contributed by atoms with van der Waals surface area (Å²) in [6.45, 7) is 0. The smallest absolute Gasteiger partial charge is 0.262 e. The van der Waals surface area contributed by atoms with Gasteiger partial charge in [-0.2, -0.15) is 4.98 Å². The summed E-state index contributed by atoms with van der Waals surface area (Å²) in [6, 6.07) is 5.20. The van der Waals surface area contributed by atoms with Gasteiger partial charge in [-0.25, -0.2) is 0 Å². The number of anilines is 1. The summed E-state index contributed by atoms with van der Waals surface area (Å²) < 4.78 is 11.6. The fraction of sp³-hybridized carbons (Fsp3) is 0.0769. The van der Waals surface area contributed by atoms with E-state index >= 15 is 0 Å². The van der Waals surface area contributed by atoms with Gasteiger partial charge in [0.1, 0.15) is 5.75 Å². The lowest BCUT2D eigenvalue weighted by Crippen LogP contribution is -1.93. The molecule has 2 heterocycles. The molecule has 108 valence electrons. The molecule has 3 aromatic rings. The van der Waals surface area contributed by atoms with Gasteiger partial charge in [0.15, 0.2) is 0 Å². The minimum Gasteiger partial charge on any atom is -0.496 e. The maximum Gasteiger partial charge on any atom is 0.262 e. The van der Waals surface area contributed by atoms with Gasteiger partial charge < -0.3 is 15.0 Å². The third kappa shape index (κ3) is 2.76. The second kappa shape index (κ2) is 5.67. The number of ether oxygens (including phenoxy) is 1. The van der Waals surface area contributed by atoms with E-state index in [1.807, 2.05) is 11.4 Å². The minimum atomic E-state index is 0.327. The van der Waals surface area contributed by atoms with Gasteiger partial charge in [-0.3, -0.25) is 0 Å². The number of benzene rings is 1. The highest BCUT2D eigenvalue weighted by molar-refractivity contribution is 9.10. The van der Waals surface area contributed by atoms with E-state index in [1.54, 1.807) is 19.2 Å². The van der Waals surface area contributed by atoms with Crippen molar-refractivity contribution in [2.24, 2.45) is 0 Å². The molecule has 5 nitrogen and oxygen atoms in total. The average molecular weight is 387 g/mol. The number of halogens is 2. The number of rotatable bonds is 3. The Morgan fingerprint density at radius 2 is 2.19 bits per heavy atom. The first-order chi connectivity index (χ1) is 10.1. The van der Waals surface area contributed by atoms with Crippen LogP contribution in [0.4, 0.5) is 5.69 Å². The molecule has 0 bridgehead atoms. The molecular weight excluding hydrogens is 378 g/mol. The van der Waals surface area contributed by atoms with E-state index in [0.717, 1.165) is 9.35 Å². The summed E-state index contributed by atoms with van der Waals surface area (Å²) in [4.78, 5) is 5.28. The van der Waals surface area contributed by atoms with Gasteiger partial charge in [0.05, 0.1) is 28.3 Å². The number of aromatic nitrogens is 2. The van der Waals surface area contributed by atoms with Crippen LogP contribution in [0.2, 0.25) is 5.02 Å². The standard InChI is InChI=1S/C13H9BrClN3O2S/c1-19-10-4-9(16)8(15)3-7(10)13-17-12(18-20-13)11-2-6(14)5-21-11/h2-5H,16H2,1H3. The van der Waals surface area contributed by atoms with Gasteiger partial charge in [0.25, 0.3) is 5.89 Å². The summed E-state index contributed by atoms with van der Waals surface area (Å²) >= 11 is 11.0. The highest BCUT2D eigenvalue weighted by Gasteiger charge is 2.17. The molecule has 0 fully saturated rings. The maximum atomic E-state index is 6.05. The highest BCUT2D eigenvalue weighted by Crippen LogP contribution is 2.36. The van der Waals surface area contributed by atoms with E-state index in [2.05, 4.69) is 26.1 Å². The first-order valence-corrected chi connectivity index (χ1v) is 7.85. The summed E-state index contributed by atoms with van der Waals surface area (Å²) in [5, 5.41) is 6.33. The topological polar surface area (TPSA) is 74.2 Å². The number of nitrogens with zero attached hydrogens (tertiary/aromatic N) is 2. The van der Waals surface area contributed by atoms with Crippen molar-refractivity contribution in [1.29, 1.82) is 0 Å². The zero-order valence-electron chi connectivity index (χ0n) is 10.8. The Morgan fingerprint density at radius 1 is 1.38 bits per heavy atom. The quantitative estimate of drug-likeness (QED) is 0.672. The predicted octanol–water partition coefficient (Wildman–Crippen LogP) is 4.47. The Bertz CT molecular complexity index is 803. The SMILES string of the molecule is COc1cc(N)c(Cl)cc1-c1nc(-c2cc(Br)cs2)no1. The molecule has 1 aromatic carbocycles. The van der Waals surface area contributed by atoms with Crippen molar-refractivity contribution >= 4 is 44.6 Å². The zero-order valence-corrected chi connectivity index (χ0v) is 13.9. The number of methoxy groups -OCH3 is 1. The summed E-state index contributed by atoms with van der Waals surface area (Å²) in [6.07, 6.45) is 0. The van der Waals surface area contributed by atoms with Crippen molar-refractivity contribution in [2.75, 3.05) is 12.8 Å². The monoisotopic (exact) mass is 385 g/mol. The number of nitrogens with two attached hydrogens (primary N) is 1. The van der Waals surface area contributed by atoms with Crippen molar-refractivity contribution < 1.29 is 9.26 Å². The van der Waals surface area contributed by atoms with Crippen LogP contribution in [0, 0.1) is 0 Å². The van der Waals surface area contributed by atoms with Crippen LogP contribution in [-0.2, 0) is 0 Å². The lowest BCUT2D eigenvalue weighted by Gasteiger charge is -2.07. The molecule has 0 aliphatic carbocycles. The van der Waals surface area contributed by atoms with Crippen molar-refractivity contribution in [1.82, 2.24) is 10.1 Å². The van der Waals surface area contributed by atoms with Gasteiger partial charge in [0.2, 0.25) is 5.82 Å². The van der Waals surface area contributed by atoms with Crippen LogP contribution in [0.1, 0.15) is 0 Å². The molecule has 2 N–H and O–H groups in total. The summed E-state index contributed by atoms with van der Waals surface area (Å²) in [5.41, 5.74) is 6.79. The highest BCUT2D eigenvalue weighted by atomic mass is 79.9. The minimum absolute atomic E-state index is 0.327. The number of thiophene rings is 1. The van der Waals surface area contributed by atoms with Crippen LogP contribution >= 0.6 is 38.9 Å². The fourth-order valence-corrected chi connectivity index (χ4v) is 3.28. The molecular formula is C13H9BrClN3O2S. The lowest BCUT2D eigenvalue weighted by molar-refractivity contribution is 0.406. The van der Waals surface area contributed by atoms with Gasteiger partial charge in [-0.05, 0) is 28.1 Å². The molecule has 3 rings (SSSR count). The molecule has 0 aliphatic rings. The van der Waals surface area contributed by atoms with E-state index in [1.165, 1.54) is 11.3 Å². The van der Waals surface area contributed by atoms with Gasteiger partial charge in [-0.1, -0.05) is 16.8 Å². The molecule has 0 atom stereocenters. The summed E-state index contributed by atoms with van der Waals surface area (Å²) in [5.74, 6) is 1.36. The fourth-order valence-electron chi connectivity index (χ4n) is 1.77. The van der Waals surface area contributed by atoms with E-state index in [0.29, 0.717) is 33.7 Å². The van der Waals surface area contributed by atoms with Crippen LogP contribution in [-0.4, -0.2) is 17.3 Å². The largest absolute Gasteiger partial charge is 0.496 e. The van der Waals surface area contributed by atoms with Crippen molar-refractivity contribution in [3.63, 3.8) is 0 Å². The predicted molar refractivity (Wildman–Crippen MR) is 86.7 cm³/mol. The van der Waals surface area contributed by atoms with Crippen molar-refractivity contribution in [2.45, 2.75) is 0 Å². The molecule has 0 saturated carbocycles. The Morgan fingerprint density at radius 3 is 2.86 bits per heavy atom. The summed E-state index contributed by atoms with van der Waals surface area (Å²) in [7, 11) is 1.54. The zero-order chi connectivity index (χ0) is 15.0. The van der Waals surface area contributed by atoms with Crippen LogP contribution in [0.5, 0.6) is 5.75 Å². The Balaban J connectivity index is 2.06. The first kappa shape index (κ1) is 14.4. The van der Waals surface area contributed by atoms with E-state index in [9.17, 15) is 0 Å². The third-order valence-corrected chi connectivity index (χ3v) is 4.78. The molecule has 0 saturated heterocycles. The maximum absolute atomic E-state index is 6.05. The molecule has 0 amide bonds. The number of hydrogen-bond acceptors (Lipinski definition) is 6. The lowest BCUT2D eigenvalue weighted by atomic mass is 10.2. The van der Waals surface area contributed by atoms with Crippen LogP contribution in [0.3, 0.4) is 0 Å². The van der Waals surface area contributed by atoms with Crippen molar-refractivity contribution in [3.8, 4) is 27.9 Å². The van der Waals surface area contributed by atoms with Gasteiger partial charge >= 0.3 is 0 Å². The molecule has 21 heavy (non-hydrogen) atoms. The van der Waals surface area contributed by atoms with Gasteiger partial charge in [-0.15, -0.1) is 11.3 Å². The first-order valence-electron chi connectivity index (χ1n) is 5.80. The third-order valence-electron chi connectivity index (χ3n) is 2.76. The Hall–Kier alpha value is -1.57. The number of nitrogen functional groups attached to an aromatic ring is 1.